The second-order valence-corrected chi connectivity index (χ2v) is 4.38. The lowest BCUT2D eigenvalue weighted by atomic mass is 10.1. The monoisotopic (exact) mass is 267 g/mol. The van der Waals surface area contributed by atoms with E-state index in [0.29, 0.717) is 13.0 Å². The van der Waals surface area contributed by atoms with Crippen molar-refractivity contribution < 1.29 is 9.59 Å². The first-order valence-electron chi connectivity index (χ1n) is 4.79. The number of anilines is 1. The van der Waals surface area contributed by atoms with Gasteiger partial charge >= 0.3 is 0 Å². The number of carbonyl (C=O) groups excluding carboxylic acids is 2. The van der Waals surface area contributed by atoms with Crippen molar-refractivity contribution in [1.29, 1.82) is 0 Å². The molecule has 1 aliphatic rings. The molecule has 1 aliphatic heterocycles. The molecular weight excluding hydrogens is 258 g/mol. The minimum Gasteiger partial charge on any atom is -0.306 e. The molecule has 1 fully saturated rings. The van der Waals surface area contributed by atoms with Gasteiger partial charge < -0.3 is 4.90 Å². The number of ketones is 1. The first kappa shape index (κ1) is 10.4. The largest absolute Gasteiger partial charge is 0.306 e. The number of rotatable bonds is 1. The topological polar surface area (TPSA) is 37.4 Å². The first-order valence-corrected chi connectivity index (χ1v) is 5.58. The highest BCUT2D eigenvalue weighted by Gasteiger charge is 2.26. The van der Waals surface area contributed by atoms with E-state index >= 15 is 0 Å². The zero-order valence-electron chi connectivity index (χ0n) is 8.07. The van der Waals surface area contributed by atoms with Crippen molar-refractivity contribution in [2.24, 2.45) is 0 Å². The van der Waals surface area contributed by atoms with Gasteiger partial charge in [-0.2, -0.15) is 0 Å². The Kier molecular flexibility index (Phi) is 2.86. The van der Waals surface area contributed by atoms with E-state index in [-0.39, 0.29) is 11.7 Å². The molecule has 0 radical (unpaired) electrons. The van der Waals surface area contributed by atoms with Crippen LogP contribution in [0.4, 0.5) is 5.69 Å². The predicted octanol–water partition coefficient (Wildman–Crippen LogP) is 2.14. The second kappa shape index (κ2) is 4.14. The van der Waals surface area contributed by atoms with Gasteiger partial charge in [-0.1, -0.05) is 15.9 Å². The van der Waals surface area contributed by atoms with Gasteiger partial charge in [0, 0.05) is 23.1 Å². The molecule has 4 heteroatoms. The van der Waals surface area contributed by atoms with Crippen molar-refractivity contribution in [3.05, 3.63) is 28.7 Å². The third-order valence-electron chi connectivity index (χ3n) is 2.41. The highest BCUT2D eigenvalue weighted by Crippen LogP contribution is 2.21. The highest BCUT2D eigenvalue weighted by molar-refractivity contribution is 9.10. The Hall–Kier alpha value is -1.16. The van der Waals surface area contributed by atoms with Gasteiger partial charge in [0.2, 0.25) is 5.78 Å². The van der Waals surface area contributed by atoms with Gasteiger partial charge in [0.05, 0.1) is 0 Å². The Morgan fingerprint density at radius 1 is 1.13 bits per heavy atom. The average Bonchev–Trinajstić information content (AvgIpc) is 2.24. The lowest BCUT2D eigenvalue weighted by Crippen LogP contribution is -2.41. The maximum atomic E-state index is 11.6. The number of hydrogen-bond donors (Lipinski definition) is 0. The molecule has 0 N–H and O–H groups in total. The summed E-state index contributed by atoms with van der Waals surface area (Å²) in [5, 5.41) is 0. The van der Waals surface area contributed by atoms with Crippen LogP contribution in [0.25, 0.3) is 0 Å². The van der Waals surface area contributed by atoms with Crippen LogP contribution in [0.3, 0.4) is 0 Å². The summed E-state index contributed by atoms with van der Waals surface area (Å²) in [6.07, 6.45) is 1.13. The van der Waals surface area contributed by atoms with Crippen LogP contribution in [0, 0.1) is 0 Å². The van der Waals surface area contributed by atoms with E-state index in [4.69, 9.17) is 0 Å². The molecule has 0 saturated carbocycles. The smallest absolute Gasteiger partial charge is 0.294 e. The number of benzene rings is 1. The third kappa shape index (κ3) is 2.09. The summed E-state index contributed by atoms with van der Waals surface area (Å²) in [6.45, 7) is 0.631. The number of piperidine rings is 1. The van der Waals surface area contributed by atoms with Gasteiger partial charge in [-0.05, 0) is 30.7 Å². The fraction of sp³-hybridized carbons (Fsp3) is 0.273. The quantitative estimate of drug-likeness (QED) is 0.732. The molecule has 78 valence electrons. The third-order valence-corrected chi connectivity index (χ3v) is 2.94. The normalized spacial score (nSPS) is 17.0. The number of nitrogens with zero attached hydrogens (tertiary/aromatic N) is 1. The van der Waals surface area contributed by atoms with Crippen LogP contribution in [0.5, 0.6) is 0 Å². The number of Topliss-reactive ketones (excluding diaryl/α,β-unsaturated/α-hetero) is 1. The molecule has 15 heavy (non-hydrogen) atoms. The molecule has 1 amide bonds. The van der Waals surface area contributed by atoms with Crippen LogP contribution in [-0.4, -0.2) is 18.2 Å². The number of amides is 1. The summed E-state index contributed by atoms with van der Waals surface area (Å²) in [6, 6.07) is 7.39. The highest BCUT2D eigenvalue weighted by atomic mass is 79.9. The maximum Gasteiger partial charge on any atom is 0.294 e. The Bertz CT molecular complexity index is 400. The van der Waals surface area contributed by atoms with Crippen molar-refractivity contribution in [3.63, 3.8) is 0 Å². The molecule has 0 spiro atoms. The van der Waals surface area contributed by atoms with E-state index in [9.17, 15) is 9.59 Å². The molecular formula is C11H10BrNO2. The van der Waals surface area contributed by atoms with Crippen molar-refractivity contribution in [1.82, 2.24) is 0 Å². The molecule has 3 nitrogen and oxygen atoms in total. The standard InChI is InChI=1S/C11H10BrNO2/c12-8-3-5-9(6-4-8)13-7-1-2-10(14)11(13)15/h3-6H,1-2,7H2. The van der Waals surface area contributed by atoms with Crippen molar-refractivity contribution in [2.45, 2.75) is 12.8 Å². The SMILES string of the molecule is O=C1CCCN(c2ccc(Br)cc2)C1=O. The number of carbonyl (C=O) groups is 2. The van der Waals surface area contributed by atoms with Crippen LogP contribution in [0.1, 0.15) is 12.8 Å². The van der Waals surface area contributed by atoms with Gasteiger partial charge in [-0.25, -0.2) is 0 Å². The van der Waals surface area contributed by atoms with Crippen LogP contribution < -0.4 is 4.90 Å². The minimum atomic E-state index is -0.386. The van der Waals surface area contributed by atoms with Crippen LogP contribution in [0.15, 0.2) is 28.7 Å². The summed E-state index contributed by atoms with van der Waals surface area (Å²) in [5.41, 5.74) is 0.788. The van der Waals surface area contributed by atoms with E-state index in [1.165, 1.54) is 4.90 Å². The van der Waals surface area contributed by atoms with Crippen molar-refractivity contribution in [2.75, 3.05) is 11.4 Å². The Morgan fingerprint density at radius 3 is 2.47 bits per heavy atom. The minimum absolute atomic E-state index is 0.288. The zero-order valence-corrected chi connectivity index (χ0v) is 9.66. The van der Waals surface area contributed by atoms with Gasteiger partial charge in [-0.15, -0.1) is 0 Å². The van der Waals surface area contributed by atoms with Gasteiger partial charge in [0.1, 0.15) is 0 Å². The van der Waals surface area contributed by atoms with Crippen LogP contribution in [0.2, 0.25) is 0 Å². The molecule has 0 bridgehead atoms. The molecule has 0 atom stereocenters. The molecule has 1 saturated heterocycles. The summed E-state index contributed by atoms with van der Waals surface area (Å²) < 4.78 is 0.960. The molecule has 1 aromatic rings. The fourth-order valence-electron chi connectivity index (χ4n) is 1.62. The average molecular weight is 268 g/mol. The Labute approximate surface area is 96.2 Å². The van der Waals surface area contributed by atoms with E-state index in [2.05, 4.69) is 15.9 Å². The van der Waals surface area contributed by atoms with E-state index in [1.807, 2.05) is 24.3 Å². The molecule has 0 aliphatic carbocycles. The summed E-state index contributed by atoms with van der Waals surface area (Å²) >= 11 is 3.33. The van der Waals surface area contributed by atoms with E-state index < -0.39 is 0 Å². The first-order chi connectivity index (χ1) is 7.18. The summed E-state index contributed by atoms with van der Waals surface area (Å²) in [4.78, 5) is 24.4. The summed E-state index contributed by atoms with van der Waals surface area (Å²) in [7, 11) is 0. The molecule has 1 heterocycles. The lowest BCUT2D eigenvalue weighted by Gasteiger charge is -2.25. The van der Waals surface area contributed by atoms with Crippen molar-refractivity contribution in [3.8, 4) is 0 Å². The van der Waals surface area contributed by atoms with Crippen LogP contribution in [-0.2, 0) is 9.59 Å². The predicted molar refractivity (Wildman–Crippen MR) is 60.7 cm³/mol. The van der Waals surface area contributed by atoms with Crippen molar-refractivity contribution >= 4 is 33.3 Å². The molecule has 1 aromatic carbocycles. The molecule has 0 unspecified atom stereocenters. The van der Waals surface area contributed by atoms with Gasteiger partial charge in [0.15, 0.2) is 0 Å². The van der Waals surface area contributed by atoms with Gasteiger partial charge in [-0.3, -0.25) is 9.59 Å². The molecule has 2 rings (SSSR count). The van der Waals surface area contributed by atoms with Crippen LogP contribution >= 0.6 is 15.9 Å². The lowest BCUT2D eigenvalue weighted by molar-refractivity contribution is -0.137. The number of hydrogen-bond acceptors (Lipinski definition) is 2. The summed E-state index contributed by atoms with van der Waals surface area (Å²) in [5.74, 6) is -0.673. The Morgan fingerprint density at radius 2 is 1.80 bits per heavy atom. The van der Waals surface area contributed by atoms with E-state index in [1.54, 1.807) is 0 Å². The Balaban J connectivity index is 2.26. The molecule has 0 aromatic heterocycles. The second-order valence-electron chi connectivity index (χ2n) is 3.46. The zero-order chi connectivity index (χ0) is 10.8. The maximum absolute atomic E-state index is 11.6. The van der Waals surface area contributed by atoms with E-state index in [0.717, 1.165) is 16.6 Å². The number of halogens is 1. The fourth-order valence-corrected chi connectivity index (χ4v) is 1.89. The van der Waals surface area contributed by atoms with Gasteiger partial charge in [0.25, 0.3) is 5.91 Å².